The number of aryl methyl sites for hydroxylation is 2. The van der Waals surface area contributed by atoms with E-state index in [1.54, 1.807) is 7.11 Å². The standard InChI is InChI=1S/C15H17N5OS2/c1-10-6-4-5-7-12(10)20-11(2)17-18-14(20)22-15-16-13(19-23-15)8-9-21-3/h4-7H,8-9H2,1-3H3. The summed E-state index contributed by atoms with van der Waals surface area (Å²) in [5, 5.41) is 9.30. The number of benzene rings is 1. The first-order valence-corrected chi connectivity index (χ1v) is 8.75. The van der Waals surface area contributed by atoms with E-state index in [4.69, 9.17) is 4.74 Å². The fourth-order valence-electron chi connectivity index (χ4n) is 2.15. The molecule has 3 rings (SSSR count). The quantitative estimate of drug-likeness (QED) is 0.683. The zero-order valence-electron chi connectivity index (χ0n) is 13.2. The van der Waals surface area contributed by atoms with Crippen LogP contribution in [0.2, 0.25) is 0 Å². The minimum Gasteiger partial charge on any atom is -0.384 e. The monoisotopic (exact) mass is 347 g/mol. The zero-order valence-corrected chi connectivity index (χ0v) is 14.8. The highest BCUT2D eigenvalue weighted by molar-refractivity contribution is 8.00. The molecule has 0 bridgehead atoms. The Labute approximate surface area is 143 Å². The van der Waals surface area contributed by atoms with E-state index >= 15 is 0 Å². The minimum absolute atomic E-state index is 0.624. The molecular formula is C15H17N5OS2. The highest BCUT2D eigenvalue weighted by Gasteiger charge is 2.16. The number of aromatic nitrogens is 5. The zero-order chi connectivity index (χ0) is 16.2. The van der Waals surface area contributed by atoms with E-state index < -0.39 is 0 Å². The van der Waals surface area contributed by atoms with E-state index in [1.165, 1.54) is 28.9 Å². The maximum Gasteiger partial charge on any atom is 0.202 e. The molecule has 8 heteroatoms. The summed E-state index contributed by atoms with van der Waals surface area (Å²) >= 11 is 2.86. The van der Waals surface area contributed by atoms with Gasteiger partial charge in [-0.15, -0.1) is 10.2 Å². The summed E-state index contributed by atoms with van der Waals surface area (Å²) in [4.78, 5) is 4.52. The predicted octanol–water partition coefficient (Wildman–Crippen LogP) is 3.08. The van der Waals surface area contributed by atoms with Crippen LogP contribution in [0, 0.1) is 13.8 Å². The predicted molar refractivity (Wildman–Crippen MR) is 90.4 cm³/mol. The maximum absolute atomic E-state index is 5.06. The van der Waals surface area contributed by atoms with Gasteiger partial charge in [0, 0.05) is 13.5 Å². The second-order valence-electron chi connectivity index (χ2n) is 4.97. The topological polar surface area (TPSA) is 65.7 Å². The number of hydrogen-bond acceptors (Lipinski definition) is 7. The molecule has 0 aliphatic carbocycles. The molecule has 0 saturated heterocycles. The molecule has 0 N–H and O–H groups in total. The summed E-state index contributed by atoms with van der Waals surface area (Å²) in [5.41, 5.74) is 2.26. The molecule has 0 atom stereocenters. The first-order valence-electron chi connectivity index (χ1n) is 7.16. The van der Waals surface area contributed by atoms with E-state index in [0.717, 1.165) is 33.3 Å². The molecule has 0 aliphatic rings. The van der Waals surface area contributed by atoms with Crippen molar-refractivity contribution in [1.29, 1.82) is 0 Å². The van der Waals surface area contributed by atoms with Gasteiger partial charge in [-0.2, -0.15) is 4.37 Å². The number of rotatable bonds is 6. The average molecular weight is 347 g/mol. The number of hydrogen-bond donors (Lipinski definition) is 0. The summed E-state index contributed by atoms with van der Waals surface area (Å²) in [6.07, 6.45) is 0.719. The molecule has 2 aromatic heterocycles. The van der Waals surface area contributed by atoms with Crippen molar-refractivity contribution >= 4 is 23.3 Å². The molecule has 1 aromatic carbocycles. The number of ether oxygens (including phenoxy) is 1. The van der Waals surface area contributed by atoms with E-state index in [2.05, 4.69) is 43.2 Å². The van der Waals surface area contributed by atoms with Crippen molar-refractivity contribution in [2.45, 2.75) is 29.8 Å². The van der Waals surface area contributed by atoms with Crippen LogP contribution in [0.15, 0.2) is 33.8 Å². The lowest BCUT2D eigenvalue weighted by Crippen LogP contribution is -2.01. The fourth-order valence-corrected chi connectivity index (χ4v) is 3.81. The number of para-hydroxylation sites is 1. The van der Waals surface area contributed by atoms with Crippen LogP contribution in [-0.4, -0.2) is 37.8 Å². The second kappa shape index (κ2) is 7.20. The maximum atomic E-state index is 5.06. The van der Waals surface area contributed by atoms with Crippen molar-refractivity contribution in [3.05, 3.63) is 41.5 Å². The van der Waals surface area contributed by atoms with Crippen LogP contribution in [0.5, 0.6) is 0 Å². The lowest BCUT2D eigenvalue weighted by atomic mass is 10.2. The van der Waals surface area contributed by atoms with Gasteiger partial charge in [-0.1, -0.05) is 18.2 Å². The molecule has 0 unspecified atom stereocenters. The van der Waals surface area contributed by atoms with Gasteiger partial charge in [-0.3, -0.25) is 4.57 Å². The van der Waals surface area contributed by atoms with Crippen LogP contribution < -0.4 is 0 Å². The van der Waals surface area contributed by atoms with Gasteiger partial charge in [0.15, 0.2) is 4.34 Å². The van der Waals surface area contributed by atoms with Crippen LogP contribution in [-0.2, 0) is 11.2 Å². The molecule has 0 spiro atoms. The molecule has 0 fully saturated rings. The van der Waals surface area contributed by atoms with E-state index in [0.29, 0.717) is 6.61 Å². The van der Waals surface area contributed by atoms with Crippen LogP contribution >= 0.6 is 23.3 Å². The van der Waals surface area contributed by atoms with Crippen LogP contribution in [0.3, 0.4) is 0 Å². The molecule has 3 aromatic rings. The highest BCUT2D eigenvalue weighted by atomic mass is 32.2. The minimum atomic E-state index is 0.624. The van der Waals surface area contributed by atoms with Crippen LogP contribution in [0.1, 0.15) is 17.2 Å². The summed E-state index contributed by atoms with van der Waals surface area (Å²) in [7, 11) is 1.68. The van der Waals surface area contributed by atoms with Crippen molar-refractivity contribution in [1.82, 2.24) is 24.1 Å². The Bertz CT molecular complexity index is 799. The van der Waals surface area contributed by atoms with Crippen LogP contribution in [0.25, 0.3) is 5.69 Å². The van der Waals surface area contributed by atoms with Crippen molar-refractivity contribution in [2.24, 2.45) is 0 Å². The molecule has 0 aliphatic heterocycles. The second-order valence-corrected chi connectivity index (χ2v) is 6.94. The molecule has 0 amide bonds. The summed E-state index contributed by atoms with van der Waals surface area (Å²) in [6.45, 7) is 4.66. The van der Waals surface area contributed by atoms with Gasteiger partial charge in [-0.25, -0.2) is 4.98 Å². The third-order valence-corrected chi connectivity index (χ3v) is 5.05. The Hall–Kier alpha value is -1.77. The highest BCUT2D eigenvalue weighted by Crippen LogP contribution is 2.30. The first-order chi connectivity index (χ1) is 11.2. The van der Waals surface area contributed by atoms with Gasteiger partial charge < -0.3 is 4.74 Å². The van der Waals surface area contributed by atoms with Crippen LogP contribution in [0.4, 0.5) is 0 Å². The number of methoxy groups -OCH3 is 1. The summed E-state index contributed by atoms with van der Waals surface area (Å²) in [5.74, 6) is 1.66. The molecular weight excluding hydrogens is 330 g/mol. The van der Waals surface area contributed by atoms with Gasteiger partial charge in [0.2, 0.25) is 5.16 Å². The molecule has 0 radical (unpaired) electrons. The fraction of sp³-hybridized carbons (Fsp3) is 0.333. The Morgan fingerprint density at radius 2 is 2.04 bits per heavy atom. The normalized spacial score (nSPS) is 11.1. The lowest BCUT2D eigenvalue weighted by molar-refractivity contribution is 0.200. The molecule has 120 valence electrons. The largest absolute Gasteiger partial charge is 0.384 e. The van der Waals surface area contributed by atoms with E-state index in [1.807, 2.05) is 19.1 Å². The summed E-state index contributed by atoms with van der Waals surface area (Å²) < 4.78 is 12.3. The molecule has 0 saturated carbocycles. The van der Waals surface area contributed by atoms with Gasteiger partial charge in [0.25, 0.3) is 0 Å². The Balaban J connectivity index is 1.87. The van der Waals surface area contributed by atoms with E-state index in [9.17, 15) is 0 Å². The number of nitrogens with zero attached hydrogens (tertiary/aromatic N) is 5. The SMILES string of the molecule is COCCc1nsc(Sc2nnc(C)n2-c2ccccc2C)n1. The molecule has 6 nitrogen and oxygen atoms in total. The first kappa shape index (κ1) is 16.1. The molecule has 23 heavy (non-hydrogen) atoms. The van der Waals surface area contributed by atoms with Gasteiger partial charge in [0.05, 0.1) is 12.3 Å². The average Bonchev–Trinajstić information content (AvgIpc) is 3.14. The van der Waals surface area contributed by atoms with E-state index in [-0.39, 0.29) is 0 Å². The Morgan fingerprint density at radius 3 is 2.83 bits per heavy atom. The third-order valence-electron chi connectivity index (χ3n) is 3.31. The third kappa shape index (κ3) is 3.60. The van der Waals surface area contributed by atoms with Gasteiger partial charge in [0.1, 0.15) is 11.6 Å². The summed E-state index contributed by atoms with van der Waals surface area (Å²) in [6, 6.07) is 8.19. The Morgan fingerprint density at radius 1 is 1.22 bits per heavy atom. The molecule has 2 heterocycles. The van der Waals surface area contributed by atoms with Crippen molar-refractivity contribution in [3.63, 3.8) is 0 Å². The van der Waals surface area contributed by atoms with Crippen molar-refractivity contribution < 1.29 is 4.74 Å². The Kier molecular flexibility index (Phi) is 5.04. The smallest absolute Gasteiger partial charge is 0.202 e. The lowest BCUT2D eigenvalue weighted by Gasteiger charge is -2.10. The van der Waals surface area contributed by atoms with Crippen molar-refractivity contribution in [3.8, 4) is 5.69 Å². The van der Waals surface area contributed by atoms with Crippen molar-refractivity contribution in [2.75, 3.05) is 13.7 Å². The van der Waals surface area contributed by atoms with Gasteiger partial charge >= 0.3 is 0 Å². The van der Waals surface area contributed by atoms with Gasteiger partial charge in [-0.05, 0) is 48.8 Å².